The summed E-state index contributed by atoms with van der Waals surface area (Å²) in [5, 5.41) is 1.22. The first-order valence-electron chi connectivity index (χ1n) is 8.69. The first-order valence-corrected chi connectivity index (χ1v) is 9.45. The monoisotopic (exact) mass is 383 g/mol. The third-order valence-corrected chi connectivity index (χ3v) is 6.02. The lowest BCUT2D eigenvalue weighted by molar-refractivity contribution is -0.139. The highest BCUT2D eigenvalue weighted by Crippen LogP contribution is 2.27. The highest BCUT2D eigenvalue weighted by molar-refractivity contribution is 6.36. The van der Waals surface area contributed by atoms with E-state index in [2.05, 4.69) is 4.90 Å². The van der Waals surface area contributed by atoms with Gasteiger partial charge in [-0.25, -0.2) is 0 Å². The van der Waals surface area contributed by atoms with Crippen molar-refractivity contribution in [1.82, 2.24) is 9.80 Å². The van der Waals surface area contributed by atoms with Crippen LogP contribution in [0.25, 0.3) is 0 Å². The second kappa shape index (κ2) is 7.94. The summed E-state index contributed by atoms with van der Waals surface area (Å²) < 4.78 is 0. The topological polar surface area (TPSA) is 66.6 Å². The molecule has 136 valence electrons. The van der Waals surface area contributed by atoms with Gasteiger partial charge in [0.1, 0.15) is 0 Å². The molecule has 0 bridgehead atoms. The van der Waals surface area contributed by atoms with E-state index in [1.165, 1.54) is 0 Å². The van der Waals surface area contributed by atoms with E-state index in [1.807, 2.05) is 4.90 Å². The van der Waals surface area contributed by atoms with Gasteiger partial charge in [-0.05, 0) is 50.0 Å². The molecule has 2 saturated heterocycles. The van der Waals surface area contributed by atoms with Crippen LogP contribution < -0.4 is 5.73 Å². The van der Waals surface area contributed by atoms with Crippen LogP contribution in [0.3, 0.4) is 0 Å². The highest BCUT2D eigenvalue weighted by Gasteiger charge is 2.36. The number of halogens is 2. The molecule has 2 N–H and O–H groups in total. The second-order valence-corrected chi connectivity index (χ2v) is 7.68. The number of piperidine rings is 1. The molecule has 0 atom stereocenters. The molecule has 5 nitrogen and oxygen atoms in total. The number of benzene rings is 1. The lowest BCUT2D eigenvalue weighted by Gasteiger charge is -2.47. The Labute approximate surface area is 158 Å². The van der Waals surface area contributed by atoms with E-state index in [-0.39, 0.29) is 17.7 Å². The molecule has 2 heterocycles. The SMILES string of the molecule is NC(=O)C1CCN(C2CN(C(=O)CCc3c(Cl)cccc3Cl)C2)CC1. The second-order valence-electron chi connectivity index (χ2n) is 6.87. The van der Waals surface area contributed by atoms with E-state index >= 15 is 0 Å². The van der Waals surface area contributed by atoms with Crippen molar-refractivity contribution < 1.29 is 9.59 Å². The largest absolute Gasteiger partial charge is 0.369 e. The third kappa shape index (κ3) is 4.27. The van der Waals surface area contributed by atoms with Crippen molar-refractivity contribution in [2.75, 3.05) is 26.2 Å². The Kier molecular flexibility index (Phi) is 5.87. The van der Waals surface area contributed by atoms with E-state index in [1.54, 1.807) is 18.2 Å². The van der Waals surface area contributed by atoms with Crippen LogP contribution in [0.4, 0.5) is 0 Å². The number of carbonyl (C=O) groups is 2. The van der Waals surface area contributed by atoms with Crippen molar-refractivity contribution in [3.05, 3.63) is 33.8 Å². The van der Waals surface area contributed by atoms with E-state index in [0.717, 1.165) is 44.6 Å². The smallest absolute Gasteiger partial charge is 0.223 e. The van der Waals surface area contributed by atoms with Gasteiger partial charge in [-0.1, -0.05) is 29.3 Å². The van der Waals surface area contributed by atoms with E-state index in [0.29, 0.717) is 28.9 Å². The number of amides is 2. The van der Waals surface area contributed by atoms with Gasteiger partial charge >= 0.3 is 0 Å². The molecule has 0 spiro atoms. The van der Waals surface area contributed by atoms with Gasteiger partial charge in [0.05, 0.1) is 0 Å². The summed E-state index contributed by atoms with van der Waals surface area (Å²) in [7, 11) is 0. The van der Waals surface area contributed by atoms with E-state index in [9.17, 15) is 9.59 Å². The standard InChI is InChI=1S/C18H23Cl2N3O2/c19-15-2-1-3-16(20)14(15)4-5-17(24)23-10-13(11-23)22-8-6-12(7-9-22)18(21)25/h1-3,12-13H,4-11H2,(H2,21,25). The number of hydrogen-bond donors (Lipinski definition) is 1. The lowest BCUT2D eigenvalue weighted by atomic mass is 9.93. The fourth-order valence-electron chi connectivity index (χ4n) is 3.60. The molecule has 0 unspecified atom stereocenters. The van der Waals surface area contributed by atoms with Crippen molar-refractivity contribution in [3.8, 4) is 0 Å². The van der Waals surface area contributed by atoms with Crippen LogP contribution in [0.1, 0.15) is 24.8 Å². The molecule has 0 radical (unpaired) electrons. The predicted molar refractivity (Wildman–Crippen MR) is 98.6 cm³/mol. The summed E-state index contributed by atoms with van der Waals surface area (Å²) in [4.78, 5) is 27.8. The fraction of sp³-hybridized carbons (Fsp3) is 0.556. The van der Waals surface area contributed by atoms with Crippen LogP contribution in [-0.4, -0.2) is 53.8 Å². The van der Waals surface area contributed by atoms with Crippen LogP contribution >= 0.6 is 23.2 Å². The van der Waals surface area contributed by atoms with Crippen molar-refractivity contribution in [2.24, 2.45) is 11.7 Å². The fourth-order valence-corrected chi connectivity index (χ4v) is 4.19. The maximum atomic E-state index is 12.4. The molecular weight excluding hydrogens is 361 g/mol. The summed E-state index contributed by atoms with van der Waals surface area (Å²) in [5.74, 6) is -0.0445. The Hall–Kier alpha value is -1.30. The zero-order valence-corrected chi connectivity index (χ0v) is 15.6. The Morgan fingerprint density at radius 3 is 2.28 bits per heavy atom. The molecule has 2 aliphatic rings. The summed E-state index contributed by atoms with van der Waals surface area (Å²) in [6.45, 7) is 3.29. The molecule has 0 saturated carbocycles. The van der Waals surface area contributed by atoms with Gasteiger partial charge in [-0.15, -0.1) is 0 Å². The zero-order chi connectivity index (χ0) is 18.0. The highest BCUT2D eigenvalue weighted by atomic mass is 35.5. The van der Waals surface area contributed by atoms with Crippen molar-refractivity contribution >= 4 is 35.0 Å². The van der Waals surface area contributed by atoms with Crippen molar-refractivity contribution in [1.29, 1.82) is 0 Å². The van der Waals surface area contributed by atoms with Gasteiger partial charge in [0.2, 0.25) is 11.8 Å². The summed E-state index contributed by atoms with van der Waals surface area (Å²) in [6, 6.07) is 5.80. The number of nitrogens with two attached hydrogens (primary N) is 1. The van der Waals surface area contributed by atoms with Gasteiger partial charge in [0.25, 0.3) is 0 Å². The average molecular weight is 384 g/mol. The zero-order valence-electron chi connectivity index (χ0n) is 14.1. The molecule has 2 amide bonds. The number of nitrogens with zero attached hydrogens (tertiary/aromatic N) is 2. The van der Waals surface area contributed by atoms with E-state index in [4.69, 9.17) is 28.9 Å². The minimum Gasteiger partial charge on any atom is -0.369 e. The minimum atomic E-state index is -0.191. The molecule has 0 aromatic heterocycles. The van der Waals surface area contributed by atoms with Gasteiger partial charge < -0.3 is 10.6 Å². The van der Waals surface area contributed by atoms with Crippen LogP contribution in [0, 0.1) is 5.92 Å². The summed E-state index contributed by atoms with van der Waals surface area (Å²) in [6.07, 6.45) is 2.62. The number of hydrogen-bond acceptors (Lipinski definition) is 3. The Bertz CT molecular complexity index is 633. The van der Waals surface area contributed by atoms with Gasteiger partial charge in [0.15, 0.2) is 0 Å². The molecule has 25 heavy (non-hydrogen) atoms. The van der Waals surface area contributed by atoms with Crippen LogP contribution in [0.2, 0.25) is 10.0 Å². The Morgan fingerprint density at radius 1 is 1.12 bits per heavy atom. The molecule has 1 aromatic rings. The van der Waals surface area contributed by atoms with Crippen molar-refractivity contribution in [2.45, 2.75) is 31.7 Å². The average Bonchev–Trinajstić information content (AvgIpc) is 2.53. The Balaban J connectivity index is 1.42. The normalized spacial score (nSPS) is 19.7. The molecule has 1 aromatic carbocycles. The lowest BCUT2D eigenvalue weighted by Crippen LogP contribution is -2.62. The number of rotatable bonds is 5. The summed E-state index contributed by atoms with van der Waals surface area (Å²) in [5.41, 5.74) is 6.21. The molecular formula is C18H23Cl2N3O2. The van der Waals surface area contributed by atoms with Crippen LogP contribution in [0.5, 0.6) is 0 Å². The van der Waals surface area contributed by atoms with Gasteiger partial charge in [-0.3, -0.25) is 14.5 Å². The summed E-state index contributed by atoms with van der Waals surface area (Å²) >= 11 is 12.3. The van der Waals surface area contributed by atoms with Gasteiger partial charge in [0, 0.05) is 41.5 Å². The number of likely N-dealkylation sites (tertiary alicyclic amines) is 2. The first-order chi connectivity index (χ1) is 12.0. The maximum absolute atomic E-state index is 12.4. The Morgan fingerprint density at radius 2 is 1.72 bits per heavy atom. The maximum Gasteiger partial charge on any atom is 0.223 e. The van der Waals surface area contributed by atoms with Crippen LogP contribution in [-0.2, 0) is 16.0 Å². The third-order valence-electron chi connectivity index (χ3n) is 5.31. The quantitative estimate of drug-likeness (QED) is 0.848. The van der Waals surface area contributed by atoms with Crippen molar-refractivity contribution in [3.63, 3.8) is 0 Å². The van der Waals surface area contributed by atoms with E-state index < -0.39 is 0 Å². The number of primary amides is 1. The molecule has 3 rings (SSSR count). The van der Waals surface area contributed by atoms with Crippen LogP contribution in [0.15, 0.2) is 18.2 Å². The first kappa shape index (κ1) is 18.5. The number of carbonyl (C=O) groups excluding carboxylic acids is 2. The molecule has 0 aliphatic carbocycles. The molecule has 2 aliphatic heterocycles. The molecule has 2 fully saturated rings. The minimum absolute atomic E-state index is 0.00873. The van der Waals surface area contributed by atoms with Gasteiger partial charge in [-0.2, -0.15) is 0 Å². The predicted octanol–water partition coefficient (Wildman–Crippen LogP) is 2.33. The molecule has 7 heteroatoms.